The van der Waals surface area contributed by atoms with E-state index in [1.165, 1.54) is 16.9 Å². The zero-order valence-electron chi connectivity index (χ0n) is 15.0. The zero-order valence-corrected chi connectivity index (χ0v) is 15.8. The first kappa shape index (κ1) is 18.0. The molecular weight excluding hydrogens is 378 g/mol. The summed E-state index contributed by atoms with van der Waals surface area (Å²) >= 11 is 1.45. The average Bonchev–Trinajstić information content (AvgIpc) is 3.26. The van der Waals surface area contributed by atoms with Crippen LogP contribution in [0.5, 0.6) is 5.75 Å². The molecule has 0 spiro atoms. The third-order valence-corrected chi connectivity index (χ3v) is 4.90. The van der Waals surface area contributed by atoms with Crippen LogP contribution in [0.4, 0.5) is 5.69 Å². The SMILES string of the molecule is Cc1ccc(OCc2nc(CC(=O)Nc3ccc4[nH]c(=O)oc4c3)cs2)cc1. The molecule has 2 N–H and O–H groups in total. The second-order valence-electron chi connectivity index (χ2n) is 6.28. The second kappa shape index (κ2) is 7.69. The lowest BCUT2D eigenvalue weighted by Crippen LogP contribution is -2.14. The number of thiazole rings is 1. The lowest BCUT2D eigenvalue weighted by molar-refractivity contribution is -0.115. The highest BCUT2D eigenvalue weighted by atomic mass is 32.1. The van der Waals surface area contributed by atoms with Crippen LogP contribution in [0.3, 0.4) is 0 Å². The molecule has 2 aromatic carbocycles. The van der Waals surface area contributed by atoms with Crippen molar-refractivity contribution in [3.63, 3.8) is 0 Å². The summed E-state index contributed by atoms with van der Waals surface area (Å²) in [7, 11) is 0. The summed E-state index contributed by atoms with van der Waals surface area (Å²) in [5.74, 6) is 0.0572. The van der Waals surface area contributed by atoms with Crippen LogP contribution in [0.1, 0.15) is 16.3 Å². The fourth-order valence-corrected chi connectivity index (χ4v) is 3.37. The smallest absolute Gasteiger partial charge is 0.417 e. The van der Waals surface area contributed by atoms with E-state index in [1.54, 1.807) is 18.2 Å². The number of hydrogen-bond donors (Lipinski definition) is 2. The van der Waals surface area contributed by atoms with Gasteiger partial charge in [0.25, 0.3) is 0 Å². The summed E-state index contributed by atoms with van der Waals surface area (Å²) in [5.41, 5.74) is 3.39. The van der Waals surface area contributed by atoms with E-state index in [0.29, 0.717) is 29.1 Å². The van der Waals surface area contributed by atoms with Gasteiger partial charge in [-0.15, -0.1) is 11.3 Å². The summed E-state index contributed by atoms with van der Waals surface area (Å²) in [6, 6.07) is 12.8. The minimum atomic E-state index is -0.527. The monoisotopic (exact) mass is 395 g/mol. The second-order valence-corrected chi connectivity index (χ2v) is 7.23. The fourth-order valence-electron chi connectivity index (χ4n) is 2.67. The predicted molar refractivity (Wildman–Crippen MR) is 107 cm³/mol. The number of nitrogens with one attached hydrogen (secondary N) is 2. The van der Waals surface area contributed by atoms with Crippen molar-refractivity contribution in [1.29, 1.82) is 0 Å². The van der Waals surface area contributed by atoms with Crippen molar-refractivity contribution < 1.29 is 13.9 Å². The number of aromatic nitrogens is 2. The summed E-state index contributed by atoms with van der Waals surface area (Å²) in [4.78, 5) is 30.5. The number of fused-ring (bicyclic) bond motifs is 1. The lowest BCUT2D eigenvalue weighted by Gasteiger charge is -2.04. The van der Waals surface area contributed by atoms with E-state index in [-0.39, 0.29) is 12.3 Å². The van der Waals surface area contributed by atoms with Gasteiger partial charge in [0.1, 0.15) is 17.4 Å². The van der Waals surface area contributed by atoms with Crippen LogP contribution in [0.2, 0.25) is 0 Å². The van der Waals surface area contributed by atoms with Crippen LogP contribution in [-0.4, -0.2) is 15.9 Å². The number of oxazole rings is 1. The van der Waals surface area contributed by atoms with Gasteiger partial charge in [-0.25, -0.2) is 9.78 Å². The first-order valence-electron chi connectivity index (χ1n) is 8.61. The molecule has 0 atom stereocenters. The van der Waals surface area contributed by atoms with Crippen molar-refractivity contribution in [1.82, 2.24) is 9.97 Å². The van der Waals surface area contributed by atoms with Crippen LogP contribution in [0.25, 0.3) is 11.1 Å². The Labute approximate surface area is 164 Å². The van der Waals surface area contributed by atoms with E-state index >= 15 is 0 Å². The standard InChI is InChI=1S/C20H17N3O4S/c1-12-2-5-15(6-3-12)26-10-19-22-14(11-28-19)9-18(24)21-13-4-7-16-17(8-13)27-20(25)23-16/h2-8,11H,9-10H2,1H3,(H,21,24)(H,23,25). The summed E-state index contributed by atoms with van der Waals surface area (Å²) in [6.45, 7) is 2.38. The van der Waals surface area contributed by atoms with Crippen LogP contribution in [0.15, 0.2) is 57.1 Å². The van der Waals surface area contributed by atoms with Gasteiger partial charge < -0.3 is 14.5 Å². The van der Waals surface area contributed by atoms with Crippen LogP contribution in [0, 0.1) is 6.92 Å². The Morgan fingerprint density at radius 3 is 2.89 bits per heavy atom. The van der Waals surface area contributed by atoms with Gasteiger partial charge in [0.15, 0.2) is 5.58 Å². The van der Waals surface area contributed by atoms with Crippen molar-refractivity contribution in [3.8, 4) is 5.75 Å². The maximum absolute atomic E-state index is 12.3. The molecular formula is C20H17N3O4S. The molecule has 0 fully saturated rings. The van der Waals surface area contributed by atoms with Crippen LogP contribution < -0.4 is 15.8 Å². The number of benzene rings is 2. The zero-order chi connectivity index (χ0) is 19.5. The molecule has 28 heavy (non-hydrogen) atoms. The maximum Gasteiger partial charge on any atom is 0.417 e. The molecule has 0 saturated heterocycles. The Balaban J connectivity index is 1.34. The number of carbonyl (C=O) groups is 1. The third kappa shape index (κ3) is 4.29. The maximum atomic E-state index is 12.3. The Hall–Kier alpha value is -3.39. The van der Waals surface area contributed by atoms with E-state index in [2.05, 4.69) is 15.3 Å². The fraction of sp³-hybridized carbons (Fsp3) is 0.150. The lowest BCUT2D eigenvalue weighted by atomic mass is 10.2. The van der Waals surface area contributed by atoms with Gasteiger partial charge >= 0.3 is 5.76 Å². The minimum absolute atomic E-state index is 0.149. The number of rotatable bonds is 6. The topological polar surface area (TPSA) is 97.2 Å². The number of amides is 1. The highest BCUT2D eigenvalue weighted by molar-refractivity contribution is 7.09. The first-order valence-corrected chi connectivity index (χ1v) is 9.48. The molecule has 142 valence electrons. The Bertz CT molecular complexity index is 1170. The normalized spacial score (nSPS) is 10.9. The number of aryl methyl sites for hydroxylation is 1. The quantitative estimate of drug-likeness (QED) is 0.519. The van der Waals surface area contributed by atoms with E-state index in [1.807, 2.05) is 36.6 Å². The number of ether oxygens (including phenoxy) is 1. The first-order chi connectivity index (χ1) is 13.5. The van der Waals surface area contributed by atoms with E-state index < -0.39 is 5.76 Å². The highest BCUT2D eigenvalue weighted by Gasteiger charge is 2.10. The van der Waals surface area contributed by atoms with Crippen molar-refractivity contribution in [3.05, 3.63) is 74.7 Å². The largest absolute Gasteiger partial charge is 0.486 e. The molecule has 4 rings (SSSR count). The molecule has 4 aromatic rings. The predicted octanol–water partition coefficient (Wildman–Crippen LogP) is 3.65. The number of anilines is 1. The molecule has 0 aliphatic heterocycles. The number of hydrogen-bond acceptors (Lipinski definition) is 6. The van der Waals surface area contributed by atoms with Gasteiger partial charge in [-0.1, -0.05) is 17.7 Å². The number of aromatic amines is 1. The molecule has 0 unspecified atom stereocenters. The molecule has 1 amide bonds. The van der Waals surface area contributed by atoms with Crippen molar-refractivity contribution in [2.75, 3.05) is 5.32 Å². The number of nitrogens with zero attached hydrogens (tertiary/aromatic N) is 1. The Kier molecular flexibility index (Phi) is 4.94. The van der Waals surface area contributed by atoms with Gasteiger partial charge in [0.2, 0.25) is 5.91 Å². The summed E-state index contributed by atoms with van der Waals surface area (Å²) in [6.07, 6.45) is 0.149. The molecule has 8 heteroatoms. The number of carbonyl (C=O) groups excluding carboxylic acids is 1. The van der Waals surface area contributed by atoms with Gasteiger partial charge in [-0.3, -0.25) is 9.78 Å². The Morgan fingerprint density at radius 1 is 1.25 bits per heavy atom. The average molecular weight is 395 g/mol. The Morgan fingerprint density at radius 2 is 2.07 bits per heavy atom. The van der Waals surface area contributed by atoms with Crippen molar-refractivity contribution in [2.24, 2.45) is 0 Å². The highest BCUT2D eigenvalue weighted by Crippen LogP contribution is 2.18. The van der Waals surface area contributed by atoms with Crippen LogP contribution >= 0.6 is 11.3 Å². The van der Waals surface area contributed by atoms with Crippen molar-refractivity contribution in [2.45, 2.75) is 20.0 Å². The molecule has 0 aliphatic carbocycles. The molecule has 0 aliphatic rings. The molecule has 2 aromatic heterocycles. The van der Waals surface area contributed by atoms with Gasteiger partial charge in [0.05, 0.1) is 17.6 Å². The van der Waals surface area contributed by atoms with Crippen LogP contribution in [-0.2, 0) is 17.8 Å². The third-order valence-electron chi connectivity index (χ3n) is 4.03. The van der Waals surface area contributed by atoms with Gasteiger partial charge in [-0.2, -0.15) is 0 Å². The van der Waals surface area contributed by atoms with E-state index in [0.717, 1.165) is 10.8 Å². The van der Waals surface area contributed by atoms with E-state index in [4.69, 9.17) is 9.15 Å². The minimum Gasteiger partial charge on any atom is -0.486 e. The summed E-state index contributed by atoms with van der Waals surface area (Å²) < 4.78 is 10.7. The van der Waals surface area contributed by atoms with E-state index in [9.17, 15) is 9.59 Å². The molecule has 0 bridgehead atoms. The number of H-pyrrole nitrogens is 1. The molecule has 2 heterocycles. The molecule has 0 saturated carbocycles. The van der Waals surface area contributed by atoms with Gasteiger partial charge in [0, 0.05) is 17.1 Å². The molecule has 7 nitrogen and oxygen atoms in total. The van der Waals surface area contributed by atoms with Gasteiger partial charge in [-0.05, 0) is 31.2 Å². The van der Waals surface area contributed by atoms with Crippen molar-refractivity contribution >= 4 is 34.0 Å². The summed E-state index contributed by atoms with van der Waals surface area (Å²) in [5, 5.41) is 5.44. The molecule has 0 radical (unpaired) electrons.